The quantitative estimate of drug-likeness (QED) is 0.301. The molecular weight excluding hydrogens is 400 g/mol. The number of nitrogens with zero attached hydrogens (tertiary/aromatic N) is 3. The van der Waals surface area contributed by atoms with Crippen LogP contribution in [0.1, 0.15) is 31.3 Å². The van der Waals surface area contributed by atoms with E-state index in [9.17, 15) is 4.79 Å². The van der Waals surface area contributed by atoms with Gasteiger partial charge >= 0.3 is 0 Å². The number of carbonyl (C=O) groups is 1. The fraction of sp³-hybridized carbons (Fsp3) is 0.120. The third kappa shape index (κ3) is 4.41. The molecule has 0 spiro atoms. The van der Waals surface area contributed by atoms with Gasteiger partial charge in [0.05, 0.1) is 11.9 Å². The van der Waals surface area contributed by atoms with Gasteiger partial charge in [-0.25, -0.2) is 9.97 Å². The van der Waals surface area contributed by atoms with Crippen molar-refractivity contribution in [2.45, 2.75) is 20.8 Å². The molecule has 32 heavy (non-hydrogen) atoms. The van der Waals surface area contributed by atoms with Crippen molar-refractivity contribution < 1.29 is 4.79 Å². The maximum absolute atomic E-state index is 11.6. The van der Waals surface area contributed by atoms with Crippen LogP contribution in [-0.2, 0) is 0 Å². The molecule has 3 heterocycles. The summed E-state index contributed by atoms with van der Waals surface area (Å²) in [7, 11) is 0. The first-order chi connectivity index (χ1) is 15.7. The van der Waals surface area contributed by atoms with Gasteiger partial charge in [-0.15, -0.1) is 0 Å². The van der Waals surface area contributed by atoms with E-state index in [1.54, 1.807) is 19.3 Å². The molecule has 3 N–H and O–H groups in total. The number of benzene rings is 2. The van der Waals surface area contributed by atoms with Gasteiger partial charge in [0.2, 0.25) is 0 Å². The van der Waals surface area contributed by atoms with Crippen LogP contribution < -0.4 is 5.32 Å². The SMILES string of the molecule is CC.CC(=O)c1cc2ccc(-c3nccc(Nc4ccc(-c5cn[nH]c5)cc4)n3)cc2[nH]1. The molecule has 0 bridgehead atoms. The molecule has 0 aliphatic rings. The summed E-state index contributed by atoms with van der Waals surface area (Å²) in [6, 6.07) is 17.6. The number of Topliss-reactive ketones (excluding diaryl/α,β-unsaturated/α-hetero) is 1. The Balaban J connectivity index is 0.00000119. The predicted molar refractivity (Wildman–Crippen MR) is 128 cm³/mol. The molecule has 5 rings (SSSR count). The van der Waals surface area contributed by atoms with Crippen LogP contribution in [0, 0.1) is 0 Å². The van der Waals surface area contributed by atoms with Gasteiger partial charge in [-0.3, -0.25) is 9.89 Å². The van der Waals surface area contributed by atoms with Crippen LogP contribution in [0.2, 0.25) is 0 Å². The van der Waals surface area contributed by atoms with Gasteiger partial charge in [0.1, 0.15) is 5.82 Å². The van der Waals surface area contributed by atoms with E-state index < -0.39 is 0 Å². The number of aromatic nitrogens is 5. The molecule has 7 heteroatoms. The number of carbonyl (C=O) groups excluding carboxylic acids is 1. The zero-order valence-corrected chi connectivity index (χ0v) is 18.2. The summed E-state index contributed by atoms with van der Waals surface area (Å²) in [5, 5.41) is 11.1. The van der Waals surface area contributed by atoms with Gasteiger partial charge in [0, 0.05) is 47.0 Å². The van der Waals surface area contributed by atoms with Crippen molar-refractivity contribution in [3.05, 3.63) is 78.9 Å². The highest BCUT2D eigenvalue weighted by atomic mass is 16.1. The fourth-order valence-corrected chi connectivity index (χ4v) is 3.33. The van der Waals surface area contributed by atoms with E-state index in [4.69, 9.17) is 0 Å². The van der Waals surface area contributed by atoms with Crippen molar-refractivity contribution in [3.63, 3.8) is 0 Å². The van der Waals surface area contributed by atoms with Gasteiger partial charge in [-0.2, -0.15) is 5.10 Å². The summed E-state index contributed by atoms with van der Waals surface area (Å²) < 4.78 is 0. The largest absolute Gasteiger partial charge is 0.352 e. The first-order valence-corrected chi connectivity index (χ1v) is 10.5. The van der Waals surface area contributed by atoms with Gasteiger partial charge < -0.3 is 10.3 Å². The molecule has 0 unspecified atom stereocenters. The molecule has 3 aromatic heterocycles. The Bertz CT molecular complexity index is 1340. The Kier molecular flexibility index (Phi) is 6.07. The summed E-state index contributed by atoms with van der Waals surface area (Å²) in [6.07, 6.45) is 5.38. The van der Waals surface area contributed by atoms with Crippen LogP contribution in [0.3, 0.4) is 0 Å². The zero-order chi connectivity index (χ0) is 22.5. The van der Waals surface area contributed by atoms with Gasteiger partial charge in [-0.05, 0) is 35.9 Å². The van der Waals surface area contributed by atoms with Gasteiger partial charge in [0.25, 0.3) is 0 Å². The lowest BCUT2D eigenvalue weighted by molar-refractivity contribution is 0.101. The van der Waals surface area contributed by atoms with Gasteiger partial charge in [-0.1, -0.05) is 38.1 Å². The summed E-state index contributed by atoms with van der Waals surface area (Å²) in [5.74, 6) is 1.32. The molecule has 0 atom stereocenters. The Labute approximate surface area is 186 Å². The van der Waals surface area contributed by atoms with E-state index in [2.05, 4.69) is 30.5 Å². The Morgan fingerprint density at radius 1 is 0.938 bits per heavy atom. The number of ketones is 1. The maximum atomic E-state index is 11.6. The van der Waals surface area contributed by atoms with Crippen molar-refractivity contribution in [1.82, 2.24) is 25.1 Å². The lowest BCUT2D eigenvalue weighted by atomic mass is 10.1. The predicted octanol–water partition coefficient (Wildman–Crippen LogP) is 5.99. The third-order valence-corrected chi connectivity index (χ3v) is 4.90. The minimum Gasteiger partial charge on any atom is -0.352 e. The second-order valence-corrected chi connectivity index (χ2v) is 7.00. The number of hydrogen-bond acceptors (Lipinski definition) is 5. The molecular formula is C25H24N6O. The Morgan fingerprint density at radius 2 is 1.72 bits per heavy atom. The first kappa shape index (κ1) is 21.0. The van der Waals surface area contributed by atoms with E-state index in [1.165, 1.54) is 0 Å². The highest BCUT2D eigenvalue weighted by Gasteiger charge is 2.09. The number of rotatable bonds is 5. The number of anilines is 2. The molecule has 0 aliphatic carbocycles. The van der Waals surface area contributed by atoms with Crippen LogP contribution in [-0.4, -0.2) is 30.9 Å². The molecule has 5 aromatic rings. The number of H-pyrrole nitrogens is 2. The highest BCUT2D eigenvalue weighted by Crippen LogP contribution is 2.25. The molecule has 160 valence electrons. The van der Waals surface area contributed by atoms with E-state index in [0.717, 1.165) is 33.3 Å². The number of fused-ring (bicyclic) bond motifs is 1. The normalized spacial score (nSPS) is 10.5. The minimum absolute atomic E-state index is 0.00832. The number of aromatic amines is 2. The Hall–Kier alpha value is -4.26. The average Bonchev–Trinajstić information content (AvgIpc) is 3.51. The van der Waals surface area contributed by atoms with Crippen LogP contribution in [0.5, 0.6) is 0 Å². The smallest absolute Gasteiger partial charge is 0.175 e. The fourth-order valence-electron chi connectivity index (χ4n) is 3.33. The summed E-state index contributed by atoms with van der Waals surface area (Å²) in [6.45, 7) is 5.55. The molecule has 0 fully saturated rings. The monoisotopic (exact) mass is 424 g/mol. The van der Waals surface area contributed by atoms with Crippen molar-refractivity contribution in [1.29, 1.82) is 0 Å². The minimum atomic E-state index is 0.00832. The molecule has 7 nitrogen and oxygen atoms in total. The number of hydrogen-bond donors (Lipinski definition) is 3. The average molecular weight is 425 g/mol. The van der Waals surface area contributed by atoms with Crippen LogP contribution >= 0.6 is 0 Å². The summed E-state index contributed by atoms with van der Waals surface area (Å²) >= 11 is 0. The lowest BCUT2D eigenvalue weighted by Crippen LogP contribution is -1.96. The van der Waals surface area contributed by atoms with Gasteiger partial charge in [0.15, 0.2) is 11.6 Å². The van der Waals surface area contributed by atoms with E-state index in [-0.39, 0.29) is 5.78 Å². The maximum Gasteiger partial charge on any atom is 0.175 e. The molecule has 0 saturated heterocycles. The first-order valence-electron chi connectivity index (χ1n) is 10.5. The molecule has 0 radical (unpaired) electrons. The lowest BCUT2D eigenvalue weighted by Gasteiger charge is -2.08. The third-order valence-electron chi connectivity index (χ3n) is 4.90. The zero-order valence-electron chi connectivity index (χ0n) is 18.2. The van der Waals surface area contributed by atoms with Crippen LogP contribution in [0.15, 0.2) is 73.2 Å². The van der Waals surface area contributed by atoms with Crippen molar-refractivity contribution in [3.8, 4) is 22.5 Å². The topological polar surface area (TPSA) is 99.3 Å². The molecule has 0 saturated carbocycles. The standard InChI is InChI=1S/C23H18N6O.C2H6/c1-14(30)20-10-16-2-3-17(11-21(16)28-20)23-24-9-8-22(29-23)27-19-6-4-15(5-7-19)18-12-25-26-13-18;1-2/h2-13,28H,1H3,(H,25,26)(H,24,27,29);1-2H3. The molecule has 0 aliphatic heterocycles. The van der Waals surface area contributed by atoms with E-state index in [1.807, 2.05) is 74.6 Å². The molecule has 0 amide bonds. The second-order valence-electron chi connectivity index (χ2n) is 7.00. The van der Waals surface area contributed by atoms with Crippen LogP contribution in [0.4, 0.5) is 11.5 Å². The van der Waals surface area contributed by atoms with E-state index in [0.29, 0.717) is 17.3 Å². The van der Waals surface area contributed by atoms with Crippen molar-refractivity contribution >= 4 is 28.2 Å². The summed E-state index contributed by atoms with van der Waals surface area (Å²) in [4.78, 5) is 23.8. The highest BCUT2D eigenvalue weighted by molar-refractivity contribution is 5.98. The summed E-state index contributed by atoms with van der Waals surface area (Å²) in [5.41, 5.74) is 5.41. The number of nitrogens with one attached hydrogen (secondary N) is 3. The Morgan fingerprint density at radius 3 is 2.44 bits per heavy atom. The van der Waals surface area contributed by atoms with Crippen LogP contribution in [0.25, 0.3) is 33.4 Å². The second kappa shape index (κ2) is 9.26. The van der Waals surface area contributed by atoms with Crippen molar-refractivity contribution in [2.24, 2.45) is 0 Å². The van der Waals surface area contributed by atoms with E-state index >= 15 is 0 Å². The van der Waals surface area contributed by atoms with Crippen molar-refractivity contribution in [2.75, 3.05) is 5.32 Å². The molecule has 2 aromatic carbocycles.